The highest BCUT2D eigenvalue weighted by Crippen LogP contribution is 2.38. The molecule has 12 nitrogen and oxygen atoms in total. The molecule has 2 fully saturated rings. The lowest BCUT2D eigenvalue weighted by Gasteiger charge is -2.43. The lowest BCUT2D eigenvalue weighted by molar-refractivity contribution is -0.140. The molecule has 3 atom stereocenters. The van der Waals surface area contributed by atoms with Gasteiger partial charge < -0.3 is 24.8 Å². The monoisotopic (exact) mass is 696 g/mol. The Hall–Kier alpha value is -4.37. The number of aliphatic hydroxyl groups is 1. The van der Waals surface area contributed by atoms with E-state index in [1.165, 1.54) is 43.8 Å². The number of nitrogens with one attached hydrogen (secondary N) is 1. The molecule has 2 aromatic carbocycles. The number of ether oxygens (including phenoxy) is 2. The Morgan fingerprint density at radius 3 is 2.60 bits per heavy atom. The first kappa shape index (κ1) is 33.5. The molecule has 3 aliphatic heterocycles. The van der Waals surface area contributed by atoms with Crippen molar-refractivity contribution in [2.45, 2.75) is 31.0 Å². The van der Waals surface area contributed by atoms with Gasteiger partial charge in [0.1, 0.15) is 11.9 Å². The average molecular weight is 697 g/mol. The fourth-order valence-corrected chi connectivity index (χ4v) is 7.27. The van der Waals surface area contributed by atoms with E-state index in [-0.39, 0.29) is 48.2 Å². The van der Waals surface area contributed by atoms with Gasteiger partial charge in [-0.1, -0.05) is 29.8 Å². The number of methoxy groups -OCH3 is 2. The van der Waals surface area contributed by atoms with Crippen LogP contribution < -0.4 is 10.2 Å². The highest BCUT2D eigenvalue weighted by molar-refractivity contribution is 7.11. The number of amides is 2. The van der Waals surface area contributed by atoms with E-state index in [0.29, 0.717) is 53.8 Å². The summed E-state index contributed by atoms with van der Waals surface area (Å²) in [6, 6.07) is 9.54. The van der Waals surface area contributed by atoms with Crippen LogP contribution in [0.5, 0.6) is 0 Å². The van der Waals surface area contributed by atoms with Gasteiger partial charge >= 0.3 is 18.0 Å². The minimum Gasteiger partial charge on any atom is -0.469 e. The third kappa shape index (κ3) is 6.65. The normalized spacial score (nSPS) is 21.1. The zero-order chi connectivity index (χ0) is 33.9. The number of piperazine rings is 1. The van der Waals surface area contributed by atoms with E-state index in [1.54, 1.807) is 21.4 Å². The number of thiazole rings is 1. The van der Waals surface area contributed by atoms with Crippen molar-refractivity contribution in [2.24, 2.45) is 4.99 Å². The number of nitrogens with zero attached hydrogens (tertiary/aromatic N) is 5. The molecule has 0 bridgehead atoms. The second-order valence-corrected chi connectivity index (χ2v) is 12.8. The van der Waals surface area contributed by atoms with Crippen LogP contribution in [0.15, 0.2) is 70.3 Å². The Morgan fingerprint density at radius 2 is 1.94 bits per heavy atom. The Labute approximate surface area is 285 Å². The minimum atomic E-state index is -0.922. The van der Waals surface area contributed by atoms with Crippen molar-refractivity contribution in [2.75, 3.05) is 51.9 Å². The number of hydrogen-bond acceptors (Lipinski definition) is 11. The number of urea groups is 1. The summed E-state index contributed by atoms with van der Waals surface area (Å²) in [5.41, 5.74) is 2.75. The van der Waals surface area contributed by atoms with Crippen molar-refractivity contribution in [1.29, 1.82) is 0 Å². The number of carbonyl (C=O) groups is 3. The van der Waals surface area contributed by atoms with Crippen molar-refractivity contribution in [3.05, 3.63) is 92.3 Å². The number of aromatic nitrogens is 1. The Balaban J connectivity index is 1.28. The number of aliphatic hydroxyl groups excluding tert-OH is 1. The fourth-order valence-electron chi connectivity index (χ4n) is 6.41. The first-order chi connectivity index (χ1) is 23.2. The highest BCUT2D eigenvalue weighted by atomic mass is 35.5. The fraction of sp³-hybridized carbons (Fsp3) is 0.364. The third-order valence-corrected chi connectivity index (χ3v) is 9.96. The molecule has 0 radical (unpaired) electrons. The van der Waals surface area contributed by atoms with E-state index in [0.717, 1.165) is 5.56 Å². The van der Waals surface area contributed by atoms with E-state index in [9.17, 15) is 23.9 Å². The molecule has 0 aliphatic carbocycles. The summed E-state index contributed by atoms with van der Waals surface area (Å²) in [6.45, 7) is 1.10. The molecule has 2 amide bonds. The number of carbonyl (C=O) groups excluding carboxylic acids is 3. The van der Waals surface area contributed by atoms with Gasteiger partial charge in [0.05, 0.1) is 38.5 Å². The van der Waals surface area contributed by atoms with Gasteiger partial charge in [-0.3, -0.25) is 19.6 Å². The number of anilines is 1. The molecule has 0 saturated carbocycles. The lowest BCUT2D eigenvalue weighted by Crippen LogP contribution is -2.61. The minimum absolute atomic E-state index is 0.104. The molecule has 3 aliphatic rings. The van der Waals surface area contributed by atoms with Crippen molar-refractivity contribution >= 4 is 52.4 Å². The summed E-state index contributed by atoms with van der Waals surface area (Å²) in [7, 11) is 2.63. The summed E-state index contributed by atoms with van der Waals surface area (Å²) in [5.74, 6) is -1.04. The Bertz CT molecular complexity index is 1750. The second-order valence-electron chi connectivity index (χ2n) is 11.5. The van der Waals surface area contributed by atoms with Crippen LogP contribution in [0.4, 0.5) is 14.9 Å². The van der Waals surface area contributed by atoms with Crippen LogP contribution in [-0.2, 0) is 25.5 Å². The second kappa shape index (κ2) is 14.4. The molecule has 15 heteroatoms. The molecule has 0 unspecified atom stereocenters. The SMILES string of the molecule is COC(=O)CCc1ccc(N2C[C@@H]3[C@@H](CO)N(CC4=C(C(=O)OC)[C@H](c5ccc(F)cc5Cl)N=C(c5nccs5)N4)CCN3C2=O)cc1. The highest BCUT2D eigenvalue weighted by Gasteiger charge is 2.47. The van der Waals surface area contributed by atoms with Crippen molar-refractivity contribution < 1.29 is 33.4 Å². The number of rotatable bonds is 10. The van der Waals surface area contributed by atoms with Crippen LogP contribution in [0, 0.1) is 5.82 Å². The summed E-state index contributed by atoms with van der Waals surface area (Å²) < 4.78 is 24.0. The number of fused-ring (bicyclic) bond motifs is 1. The number of halogens is 2. The van der Waals surface area contributed by atoms with Crippen LogP contribution in [0.1, 0.15) is 28.6 Å². The van der Waals surface area contributed by atoms with E-state index in [1.807, 2.05) is 29.2 Å². The van der Waals surface area contributed by atoms with Gasteiger partial charge in [0.25, 0.3) is 0 Å². The first-order valence-corrected chi connectivity index (χ1v) is 16.6. The van der Waals surface area contributed by atoms with Gasteiger partial charge in [-0.25, -0.2) is 19.0 Å². The van der Waals surface area contributed by atoms with Crippen LogP contribution in [-0.4, -0.2) is 103 Å². The van der Waals surface area contributed by atoms with Gasteiger partial charge in [0.15, 0.2) is 10.8 Å². The first-order valence-electron chi connectivity index (χ1n) is 15.3. The standard InChI is InChI=1S/C33H34ClFN6O6S/c1-46-27(43)10-5-19-3-7-21(8-4-19)41-17-25-26(18-42)39(12-13-40(25)33(41)45)16-24-28(32(44)47-2)29(22-9-6-20(35)15-23(22)34)38-30(37-24)31-36-11-14-48-31/h3-4,6-9,11,14-15,25-26,29,42H,5,10,12-13,16-18H2,1-2H3,(H,37,38)/t25-,26-,29+/m1/s1. The lowest BCUT2D eigenvalue weighted by atomic mass is 9.94. The zero-order valence-electron chi connectivity index (χ0n) is 26.3. The Morgan fingerprint density at radius 1 is 1.15 bits per heavy atom. The van der Waals surface area contributed by atoms with Crippen molar-refractivity contribution in [1.82, 2.24) is 20.1 Å². The molecule has 3 aromatic rings. The van der Waals surface area contributed by atoms with E-state index in [2.05, 4.69) is 10.3 Å². The number of amidine groups is 1. The van der Waals surface area contributed by atoms with Crippen LogP contribution in [0.3, 0.4) is 0 Å². The maximum atomic E-state index is 14.0. The summed E-state index contributed by atoms with van der Waals surface area (Å²) in [5, 5.41) is 16.5. The van der Waals surface area contributed by atoms with E-state index in [4.69, 9.17) is 26.1 Å². The third-order valence-electron chi connectivity index (χ3n) is 8.85. The average Bonchev–Trinajstić information content (AvgIpc) is 3.75. The molecule has 2 saturated heterocycles. The summed E-state index contributed by atoms with van der Waals surface area (Å²) >= 11 is 7.85. The molecule has 6 rings (SSSR count). The predicted octanol–water partition coefficient (Wildman–Crippen LogP) is 3.55. The smallest absolute Gasteiger partial charge is 0.338 e. The summed E-state index contributed by atoms with van der Waals surface area (Å²) in [4.78, 5) is 53.2. The van der Waals surface area contributed by atoms with Gasteiger partial charge in [-0.2, -0.15) is 0 Å². The van der Waals surface area contributed by atoms with E-state index < -0.39 is 23.9 Å². The molecular weight excluding hydrogens is 663 g/mol. The van der Waals surface area contributed by atoms with Crippen LogP contribution in [0.25, 0.3) is 0 Å². The van der Waals surface area contributed by atoms with Gasteiger partial charge in [-0.15, -0.1) is 11.3 Å². The topological polar surface area (TPSA) is 137 Å². The maximum absolute atomic E-state index is 14.0. The number of aliphatic imine (C=N–C) groups is 1. The van der Waals surface area contributed by atoms with Crippen LogP contribution >= 0.6 is 22.9 Å². The number of hydrogen-bond donors (Lipinski definition) is 2. The molecular formula is C33H34ClFN6O6S. The largest absolute Gasteiger partial charge is 0.469 e. The quantitative estimate of drug-likeness (QED) is 0.305. The number of esters is 2. The molecule has 252 valence electrons. The van der Waals surface area contributed by atoms with Gasteiger partial charge in [-0.05, 0) is 36.2 Å². The molecule has 1 aromatic heterocycles. The number of benzene rings is 2. The van der Waals surface area contributed by atoms with Gasteiger partial charge in [0.2, 0.25) is 0 Å². The van der Waals surface area contributed by atoms with Gasteiger partial charge in [0, 0.05) is 66.1 Å². The predicted molar refractivity (Wildman–Crippen MR) is 177 cm³/mol. The Kier molecular flexibility index (Phi) is 10.1. The molecule has 48 heavy (non-hydrogen) atoms. The summed E-state index contributed by atoms with van der Waals surface area (Å²) in [6.07, 6.45) is 2.43. The van der Waals surface area contributed by atoms with Crippen LogP contribution in [0.2, 0.25) is 5.02 Å². The molecule has 2 N–H and O–H groups in total. The maximum Gasteiger partial charge on any atom is 0.338 e. The molecule has 4 heterocycles. The number of aryl methyl sites for hydroxylation is 1. The zero-order valence-corrected chi connectivity index (χ0v) is 27.8. The van der Waals surface area contributed by atoms with Crippen molar-refractivity contribution in [3.63, 3.8) is 0 Å². The molecule has 0 spiro atoms. The van der Waals surface area contributed by atoms with Crippen molar-refractivity contribution in [3.8, 4) is 0 Å². The van der Waals surface area contributed by atoms with E-state index >= 15 is 0 Å².